The van der Waals surface area contributed by atoms with Crippen LogP contribution in [0.25, 0.3) is 0 Å². The van der Waals surface area contributed by atoms with Crippen LogP contribution >= 0.6 is 0 Å². The van der Waals surface area contributed by atoms with E-state index in [1.165, 1.54) is 7.11 Å². The van der Waals surface area contributed by atoms with E-state index < -0.39 is 0 Å². The quantitative estimate of drug-likeness (QED) is 0.768. The number of carbonyl (C=O) groups is 1. The molecule has 0 amide bonds. The Labute approximate surface area is 140 Å². The van der Waals surface area contributed by atoms with Gasteiger partial charge >= 0.3 is 5.97 Å². The summed E-state index contributed by atoms with van der Waals surface area (Å²) in [6, 6.07) is 1.87. The van der Waals surface area contributed by atoms with Crippen LogP contribution in [-0.2, 0) is 18.2 Å². The number of esters is 1. The minimum absolute atomic E-state index is 0.195. The maximum atomic E-state index is 11.7. The van der Waals surface area contributed by atoms with Crippen LogP contribution in [0, 0.1) is 5.92 Å². The molecule has 0 aliphatic carbocycles. The molecular formula is C16H23N5O3. The number of likely N-dealkylation sites (tertiary alicyclic amines) is 1. The van der Waals surface area contributed by atoms with Gasteiger partial charge in [0.2, 0.25) is 0 Å². The fourth-order valence-electron chi connectivity index (χ4n) is 3.35. The van der Waals surface area contributed by atoms with Gasteiger partial charge < -0.3 is 9.15 Å². The van der Waals surface area contributed by atoms with E-state index in [0.29, 0.717) is 11.5 Å². The summed E-state index contributed by atoms with van der Waals surface area (Å²) < 4.78 is 12.0. The topological polar surface area (TPSA) is 86.3 Å². The number of piperidine rings is 1. The van der Waals surface area contributed by atoms with Gasteiger partial charge in [-0.3, -0.25) is 4.90 Å². The smallest absolute Gasteiger partial charge is 0.341 e. The molecule has 0 N–H and O–H groups in total. The number of carbonyl (C=O) groups excluding carboxylic acids is 1. The number of aromatic nitrogens is 4. The van der Waals surface area contributed by atoms with E-state index in [2.05, 4.69) is 27.3 Å². The largest absolute Gasteiger partial charge is 0.468 e. The van der Waals surface area contributed by atoms with Crippen molar-refractivity contribution >= 4 is 5.97 Å². The number of hydrogen-bond acceptors (Lipinski definition) is 7. The molecule has 2 aromatic heterocycles. The Hall–Kier alpha value is -2.22. The molecule has 0 radical (unpaired) electrons. The van der Waals surface area contributed by atoms with Gasteiger partial charge in [0.1, 0.15) is 11.3 Å². The zero-order valence-corrected chi connectivity index (χ0v) is 14.3. The van der Waals surface area contributed by atoms with Crippen LogP contribution in [0.4, 0.5) is 0 Å². The third-order valence-corrected chi connectivity index (χ3v) is 4.85. The summed E-state index contributed by atoms with van der Waals surface area (Å²) in [5.74, 6) is 1.78. The molecule has 1 aliphatic rings. The number of rotatable bonds is 5. The maximum Gasteiger partial charge on any atom is 0.341 e. The predicted molar refractivity (Wildman–Crippen MR) is 85.3 cm³/mol. The summed E-state index contributed by atoms with van der Waals surface area (Å²) in [6.45, 7) is 4.09. The summed E-state index contributed by atoms with van der Waals surface area (Å²) >= 11 is 0. The Balaban J connectivity index is 1.57. The average molecular weight is 333 g/mol. The van der Waals surface area contributed by atoms with E-state index in [1.807, 2.05) is 7.05 Å². The first-order chi connectivity index (χ1) is 11.6. The van der Waals surface area contributed by atoms with Gasteiger partial charge in [0.25, 0.3) is 0 Å². The van der Waals surface area contributed by atoms with Gasteiger partial charge in [0.15, 0.2) is 5.82 Å². The van der Waals surface area contributed by atoms with Crippen LogP contribution in [0.1, 0.15) is 47.7 Å². The molecule has 1 atom stereocenters. The van der Waals surface area contributed by atoms with Crippen molar-refractivity contribution in [2.45, 2.75) is 32.2 Å². The Morgan fingerprint density at radius 3 is 2.83 bits per heavy atom. The molecule has 8 nitrogen and oxygen atoms in total. The van der Waals surface area contributed by atoms with E-state index >= 15 is 0 Å². The van der Waals surface area contributed by atoms with Gasteiger partial charge in [-0.2, -0.15) is 0 Å². The van der Waals surface area contributed by atoms with Crippen LogP contribution in [-0.4, -0.2) is 51.3 Å². The molecule has 8 heteroatoms. The molecule has 24 heavy (non-hydrogen) atoms. The lowest BCUT2D eigenvalue weighted by Crippen LogP contribution is -2.37. The summed E-state index contributed by atoms with van der Waals surface area (Å²) in [4.78, 5) is 14.1. The molecule has 1 unspecified atom stereocenters. The molecule has 130 valence electrons. The molecule has 1 aliphatic heterocycles. The third kappa shape index (κ3) is 3.33. The number of aryl methyl sites for hydroxylation is 1. The number of furan rings is 1. The van der Waals surface area contributed by atoms with Gasteiger partial charge in [-0.25, -0.2) is 9.48 Å². The lowest BCUT2D eigenvalue weighted by molar-refractivity contribution is 0.0597. The number of methoxy groups -OCH3 is 1. The normalized spacial score (nSPS) is 17.8. The number of nitrogens with zero attached hydrogens (tertiary/aromatic N) is 5. The number of tetrazole rings is 1. The molecule has 0 aromatic carbocycles. The highest BCUT2D eigenvalue weighted by molar-refractivity contribution is 5.90. The molecule has 2 aromatic rings. The molecule has 0 bridgehead atoms. The number of ether oxygens (including phenoxy) is 1. The van der Waals surface area contributed by atoms with Crippen LogP contribution in [0.3, 0.4) is 0 Å². The average Bonchev–Trinajstić information content (AvgIpc) is 3.23. The molecule has 0 saturated carbocycles. The van der Waals surface area contributed by atoms with Crippen molar-refractivity contribution in [1.29, 1.82) is 0 Å². The Morgan fingerprint density at radius 1 is 1.46 bits per heavy atom. The van der Waals surface area contributed by atoms with E-state index in [4.69, 9.17) is 9.15 Å². The monoisotopic (exact) mass is 333 g/mol. The van der Waals surface area contributed by atoms with Gasteiger partial charge in [-0.05, 0) is 55.3 Å². The van der Waals surface area contributed by atoms with Crippen molar-refractivity contribution in [2.75, 3.05) is 20.2 Å². The zero-order valence-electron chi connectivity index (χ0n) is 14.3. The standard InChI is InChI=1S/C16H23N5O3/c1-11(15-17-18-19-20(15)2)21-7-4-12(5-8-21)10-14-13(6-9-24-14)16(22)23-3/h6,9,11-12H,4-5,7-8,10H2,1-3H3. The Morgan fingerprint density at radius 2 is 2.21 bits per heavy atom. The summed E-state index contributed by atoms with van der Waals surface area (Å²) in [5.41, 5.74) is 0.540. The van der Waals surface area contributed by atoms with E-state index in [0.717, 1.165) is 43.9 Å². The molecule has 3 rings (SSSR count). The SMILES string of the molecule is COC(=O)c1ccoc1CC1CCN(C(C)c2nnnn2C)CC1. The second kappa shape index (κ2) is 7.12. The minimum atomic E-state index is -0.334. The van der Waals surface area contributed by atoms with Crippen molar-refractivity contribution in [1.82, 2.24) is 25.1 Å². The first kappa shape index (κ1) is 16.6. The highest BCUT2D eigenvalue weighted by atomic mass is 16.5. The highest BCUT2D eigenvalue weighted by Crippen LogP contribution is 2.28. The lowest BCUT2D eigenvalue weighted by atomic mass is 9.91. The minimum Gasteiger partial charge on any atom is -0.468 e. The summed E-state index contributed by atoms with van der Waals surface area (Å²) in [7, 11) is 3.25. The van der Waals surface area contributed by atoms with E-state index in [-0.39, 0.29) is 12.0 Å². The Kier molecular flexibility index (Phi) is 4.94. The molecular weight excluding hydrogens is 310 g/mol. The van der Waals surface area contributed by atoms with Crippen molar-refractivity contribution < 1.29 is 13.9 Å². The van der Waals surface area contributed by atoms with E-state index in [1.54, 1.807) is 17.0 Å². The highest BCUT2D eigenvalue weighted by Gasteiger charge is 2.28. The van der Waals surface area contributed by atoms with Gasteiger partial charge in [0.05, 0.1) is 19.4 Å². The molecule has 3 heterocycles. The Bertz CT molecular complexity index is 687. The summed E-state index contributed by atoms with van der Waals surface area (Å²) in [6.07, 6.45) is 4.43. The van der Waals surface area contributed by atoms with Crippen LogP contribution in [0.15, 0.2) is 16.7 Å². The summed E-state index contributed by atoms with van der Waals surface area (Å²) in [5, 5.41) is 11.7. The fraction of sp³-hybridized carbons (Fsp3) is 0.625. The lowest BCUT2D eigenvalue weighted by Gasteiger charge is -2.35. The predicted octanol–water partition coefficient (Wildman–Crippen LogP) is 1.61. The molecule has 0 spiro atoms. The second-order valence-corrected chi connectivity index (χ2v) is 6.27. The van der Waals surface area contributed by atoms with Crippen molar-refractivity contribution in [2.24, 2.45) is 13.0 Å². The van der Waals surface area contributed by atoms with Gasteiger partial charge in [0, 0.05) is 13.5 Å². The van der Waals surface area contributed by atoms with Crippen molar-refractivity contribution in [3.05, 3.63) is 29.5 Å². The van der Waals surface area contributed by atoms with Crippen molar-refractivity contribution in [3.8, 4) is 0 Å². The van der Waals surface area contributed by atoms with Crippen LogP contribution < -0.4 is 0 Å². The fourth-order valence-corrected chi connectivity index (χ4v) is 3.35. The van der Waals surface area contributed by atoms with Gasteiger partial charge in [-0.15, -0.1) is 5.10 Å². The van der Waals surface area contributed by atoms with Gasteiger partial charge in [-0.1, -0.05) is 0 Å². The van der Waals surface area contributed by atoms with Crippen LogP contribution in [0.2, 0.25) is 0 Å². The molecule has 1 fully saturated rings. The number of hydrogen-bond donors (Lipinski definition) is 0. The van der Waals surface area contributed by atoms with Crippen LogP contribution in [0.5, 0.6) is 0 Å². The maximum absolute atomic E-state index is 11.7. The van der Waals surface area contributed by atoms with Crippen molar-refractivity contribution in [3.63, 3.8) is 0 Å². The third-order valence-electron chi connectivity index (χ3n) is 4.85. The zero-order chi connectivity index (χ0) is 17.1. The first-order valence-electron chi connectivity index (χ1n) is 8.21. The first-order valence-corrected chi connectivity index (χ1v) is 8.21. The molecule has 1 saturated heterocycles. The second-order valence-electron chi connectivity index (χ2n) is 6.27. The van der Waals surface area contributed by atoms with E-state index in [9.17, 15) is 4.79 Å².